The fourth-order valence-electron chi connectivity index (χ4n) is 2.74. The molecule has 2 aromatic heterocycles. The van der Waals surface area contributed by atoms with E-state index in [1.807, 2.05) is 0 Å². The number of amides is 2. The van der Waals surface area contributed by atoms with Gasteiger partial charge in [0.2, 0.25) is 11.8 Å². The molecule has 0 unspecified atom stereocenters. The zero-order valence-electron chi connectivity index (χ0n) is 17.6. The number of pyridine rings is 1. The van der Waals surface area contributed by atoms with Crippen molar-refractivity contribution in [3.63, 3.8) is 0 Å². The van der Waals surface area contributed by atoms with Crippen LogP contribution in [0.25, 0.3) is 11.3 Å². The molecule has 0 saturated heterocycles. The molecule has 32 heavy (non-hydrogen) atoms. The van der Waals surface area contributed by atoms with Crippen molar-refractivity contribution >= 4 is 41.5 Å². The van der Waals surface area contributed by atoms with Gasteiger partial charge in [-0.05, 0) is 12.1 Å². The zero-order valence-corrected chi connectivity index (χ0v) is 18.3. The molecule has 1 aliphatic rings. The number of hydrogen-bond acceptors (Lipinski definition) is 8. The molecule has 12 heteroatoms. The van der Waals surface area contributed by atoms with E-state index >= 15 is 0 Å². The Morgan fingerprint density at radius 1 is 1.41 bits per heavy atom. The number of allylic oxidation sites excluding steroid dienone is 1. The van der Waals surface area contributed by atoms with Gasteiger partial charge in [-0.3, -0.25) is 14.3 Å². The first-order valence-electron chi connectivity index (χ1n) is 9.33. The largest absolute Gasteiger partial charge is 0.481 e. The lowest BCUT2D eigenvalue weighted by Gasteiger charge is -2.11. The van der Waals surface area contributed by atoms with E-state index in [0.29, 0.717) is 16.3 Å². The summed E-state index contributed by atoms with van der Waals surface area (Å²) in [6, 6.07) is 1.59. The average Bonchev–Trinajstić information content (AvgIpc) is 3.16. The minimum Gasteiger partial charge on any atom is -0.481 e. The number of nitrogens with one attached hydrogen (secondary N) is 3. The van der Waals surface area contributed by atoms with Crippen molar-refractivity contribution in [3.8, 4) is 17.1 Å². The monoisotopic (exact) mass is 456 g/mol. The summed E-state index contributed by atoms with van der Waals surface area (Å²) in [5, 5.41) is 18.0. The lowest BCUT2D eigenvalue weighted by molar-refractivity contribution is -0.129. The maximum Gasteiger partial charge on any atom is 0.261 e. The van der Waals surface area contributed by atoms with Gasteiger partial charge in [0.25, 0.3) is 5.91 Å². The molecular formula is C20H21ClN8O3. The zero-order chi connectivity index (χ0) is 23.3. The number of anilines is 1. The van der Waals surface area contributed by atoms with Gasteiger partial charge < -0.3 is 25.7 Å². The van der Waals surface area contributed by atoms with Crippen molar-refractivity contribution in [3.05, 3.63) is 47.2 Å². The molecule has 0 bridgehead atoms. The van der Waals surface area contributed by atoms with E-state index in [-0.39, 0.29) is 35.4 Å². The van der Waals surface area contributed by atoms with Crippen LogP contribution in [0.1, 0.15) is 0 Å². The lowest BCUT2D eigenvalue weighted by Crippen LogP contribution is -2.26. The van der Waals surface area contributed by atoms with Crippen LogP contribution >= 0.6 is 11.6 Å². The highest BCUT2D eigenvalue weighted by atomic mass is 35.5. The number of aliphatic imine (C=N–C) groups is 1. The van der Waals surface area contributed by atoms with Crippen LogP contribution in [0.2, 0.25) is 5.02 Å². The molecule has 2 aromatic rings. The minimum absolute atomic E-state index is 0.00449. The number of halogens is 1. The quantitative estimate of drug-likeness (QED) is 0.428. The summed E-state index contributed by atoms with van der Waals surface area (Å²) >= 11 is 6.12. The fraction of sp³-hybridized carbons (Fsp3) is 0.200. The molecule has 11 nitrogen and oxygen atoms in total. The van der Waals surface area contributed by atoms with Crippen LogP contribution in [-0.2, 0) is 16.1 Å². The van der Waals surface area contributed by atoms with Gasteiger partial charge in [-0.25, -0.2) is 9.98 Å². The highest BCUT2D eigenvalue weighted by molar-refractivity contribution is 6.30. The SMILES string of the molecule is COc1ncc(Cl)cc1-c1nn(CC(=O)N(C)C)cc1NC(=O)/C(C=N)=C1\N=CC=CN1. The van der Waals surface area contributed by atoms with E-state index in [2.05, 4.69) is 25.7 Å². The number of carbonyl (C=O) groups excluding carboxylic acids is 2. The van der Waals surface area contributed by atoms with Crippen molar-refractivity contribution in [2.75, 3.05) is 26.5 Å². The molecule has 2 amide bonds. The first-order valence-corrected chi connectivity index (χ1v) is 9.71. The van der Waals surface area contributed by atoms with Crippen molar-refractivity contribution in [2.24, 2.45) is 4.99 Å². The first kappa shape index (κ1) is 22.7. The molecule has 0 fully saturated rings. The molecule has 0 spiro atoms. The van der Waals surface area contributed by atoms with Gasteiger partial charge in [0, 0.05) is 45.1 Å². The normalized spacial score (nSPS) is 13.9. The van der Waals surface area contributed by atoms with Crippen LogP contribution < -0.4 is 15.4 Å². The Hall–Kier alpha value is -3.99. The summed E-state index contributed by atoms with van der Waals surface area (Å²) in [7, 11) is 4.71. The van der Waals surface area contributed by atoms with Gasteiger partial charge in [0.05, 0.1) is 29.0 Å². The predicted molar refractivity (Wildman–Crippen MR) is 121 cm³/mol. The van der Waals surface area contributed by atoms with Gasteiger partial charge in [0.1, 0.15) is 18.1 Å². The van der Waals surface area contributed by atoms with E-state index in [1.54, 1.807) is 32.4 Å². The van der Waals surface area contributed by atoms with Crippen molar-refractivity contribution < 1.29 is 14.3 Å². The maximum absolute atomic E-state index is 12.9. The Balaban J connectivity index is 2.05. The highest BCUT2D eigenvalue weighted by Gasteiger charge is 2.22. The van der Waals surface area contributed by atoms with E-state index < -0.39 is 5.91 Å². The van der Waals surface area contributed by atoms with Crippen LogP contribution in [0.15, 0.2) is 47.1 Å². The second-order valence-electron chi connectivity index (χ2n) is 6.73. The topological polar surface area (TPSA) is 138 Å². The standard InChI is InChI=1S/C20H21ClN8O3/c1-28(2)16(30)11-29-10-15(17(27-29)13-7-12(21)9-25-20(13)32-3)26-19(31)14(8-22)18-23-5-4-6-24-18/h4-10,22-23H,11H2,1-3H3,(H,26,31)/b18-14-,22-8?. The number of hydrogen-bond donors (Lipinski definition) is 3. The van der Waals surface area contributed by atoms with Crippen molar-refractivity contribution in [1.29, 1.82) is 5.41 Å². The third-order valence-corrected chi connectivity index (χ3v) is 4.53. The van der Waals surface area contributed by atoms with E-state index in [1.165, 1.54) is 35.3 Å². The summed E-state index contributed by atoms with van der Waals surface area (Å²) in [4.78, 5) is 34.8. The molecular weight excluding hydrogens is 436 g/mol. The van der Waals surface area contributed by atoms with E-state index in [0.717, 1.165) is 6.21 Å². The number of aromatic nitrogens is 3. The molecule has 1 aliphatic heterocycles. The maximum atomic E-state index is 12.9. The Morgan fingerprint density at radius 3 is 2.81 bits per heavy atom. The summed E-state index contributed by atoms with van der Waals surface area (Å²) < 4.78 is 6.71. The lowest BCUT2D eigenvalue weighted by atomic mass is 10.1. The number of rotatable bonds is 7. The number of likely N-dealkylation sites (N-methyl/N-ethyl adjacent to an activating group) is 1. The second kappa shape index (κ2) is 9.88. The summed E-state index contributed by atoms with van der Waals surface area (Å²) in [6.45, 7) is -0.0542. The molecule has 0 aliphatic carbocycles. The molecule has 0 radical (unpaired) electrons. The summed E-state index contributed by atoms with van der Waals surface area (Å²) in [5.74, 6) is -0.325. The Bertz CT molecular complexity index is 1150. The predicted octanol–water partition coefficient (Wildman–Crippen LogP) is 1.68. The Labute approximate surface area is 188 Å². The third-order valence-electron chi connectivity index (χ3n) is 4.32. The summed E-state index contributed by atoms with van der Waals surface area (Å²) in [6.07, 6.45) is 8.59. The summed E-state index contributed by atoms with van der Waals surface area (Å²) in [5.41, 5.74) is 1.00. The molecule has 0 saturated carbocycles. The van der Waals surface area contributed by atoms with Gasteiger partial charge in [0.15, 0.2) is 0 Å². The van der Waals surface area contributed by atoms with Crippen LogP contribution in [0, 0.1) is 5.41 Å². The molecule has 0 aromatic carbocycles. The van der Waals surface area contributed by atoms with Crippen LogP contribution in [0.4, 0.5) is 5.69 Å². The van der Waals surface area contributed by atoms with E-state index in [9.17, 15) is 9.59 Å². The van der Waals surface area contributed by atoms with Gasteiger partial charge >= 0.3 is 0 Å². The molecule has 0 atom stereocenters. The number of nitrogens with zero attached hydrogens (tertiary/aromatic N) is 5. The minimum atomic E-state index is -0.594. The van der Waals surface area contributed by atoms with Gasteiger partial charge in [-0.15, -0.1) is 0 Å². The van der Waals surface area contributed by atoms with Crippen molar-refractivity contribution in [1.82, 2.24) is 25.0 Å². The number of methoxy groups -OCH3 is 1. The molecule has 3 heterocycles. The van der Waals surface area contributed by atoms with E-state index in [4.69, 9.17) is 21.7 Å². The van der Waals surface area contributed by atoms with Crippen LogP contribution in [0.3, 0.4) is 0 Å². The van der Waals surface area contributed by atoms with Crippen LogP contribution in [-0.4, -0.2) is 65.1 Å². The number of carbonyl (C=O) groups is 2. The molecule has 166 valence electrons. The van der Waals surface area contributed by atoms with Gasteiger partial charge in [-0.2, -0.15) is 5.10 Å². The molecule has 3 rings (SSSR count). The number of ether oxygens (including phenoxy) is 1. The highest BCUT2D eigenvalue weighted by Crippen LogP contribution is 2.34. The average molecular weight is 457 g/mol. The smallest absolute Gasteiger partial charge is 0.261 e. The fourth-order valence-corrected chi connectivity index (χ4v) is 2.89. The van der Waals surface area contributed by atoms with Crippen LogP contribution in [0.5, 0.6) is 5.88 Å². The third kappa shape index (κ3) is 5.01. The first-order chi connectivity index (χ1) is 15.3. The van der Waals surface area contributed by atoms with Gasteiger partial charge in [-0.1, -0.05) is 11.6 Å². The Kier molecular flexibility index (Phi) is 7.00. The van der Waals surface area contributed by atoms with Crippen molar-refractivity contribution in [2.45, 2.75) is 6.54 Å². The molecule has 3 N–H and O–H groups in total. The second-order valence-corrected chi connectivity index (χ2v) is 7.17. The Morgan fingerprint density at radius 2 is 2.19 bits per heavy atom.